The summed E-state index contributed by atoms with van der Waals surface area (Å²) < 4.78 is 16.4. The van der Waals surface area contributed by atoms with Gasteiger partial charge in [-0.2, -0.15) is 5.10 Å². The lowest BCUT2D eigenvalue weighted by atomic mass is 10.4. The first-order valence-electron chi connectivity index (χ1n) is 6.75. The number of hydrogen-bond donors (Lipinski definition) is 1. The van der Waals surface area contributed by atoms with Gasteiger partial charge in [0.25, 0.3) is 5.56 Å². The third-order valence-electron chi connectivity index (χ3n) is 2.70. The normalized spacial score (nSPS) is 10.8. The van der Waals surface area contributed by atoms with Gasteiger partial charge in [0.1, 0.15) is 5.02 Å². The Morgan fingerprint density at radius 2 is 2.00 bits per heavy atom. The number of nitrogens with one attached hydrogen (secondary N) is 1. The van der Waals surface area contributed by atoms with Crippen molar-refractivity contribution in [1.82, 2.24) is 9.78 Å². The van der Waals surface area contributed by atoms with Gasteiger partial charge in [-0.1, -0.05) is 11.6 Å². The van der Waals surface area contributed by atoms with Crippen LogP contribution in [0.25, 0.3) is 0 Å². The summed E-state index contributed by atoms with van der Waals surface area (Å²) in [5.74, 6) is 0. The van der Waals surface area contributed by atoms with E-state index >= 15 is 0 Å². The lowest BCUT2D eigenvalue weighted by Gasteiger charge is -2.10. The molecule has 0 aromatic carbocycles. The topological polar surface area (TPSA) is 74.6 Å². The molecule has 8 heteroatoms. The molecule has 0 radical (unpaired) electrons. The van der Waals surface area contributed by atoms with Gasteiger partial charge in [-0.15, -0.1) is 0 Å². The predicted molar refractivity (Wildman–Crippen MR) is 81.2 cm³/mol. The number of nitrogens with zero attached hydrogens (tertiary/aromatic N) is 2. The molecule has 0 amide bonds. The van der Waals surface area contributed by atoms with Gasteiger partial charge in [0, 0.05) is 27.4 Å². The molecule has 1 aromatic heterocycles. The monoisotopic (exact) mass is 319 g/mol. The van der Waals surface area contributed by atoms with E-state index in [2.05, 4.69) is 10.4 Å². The zero-order valence-electron chi connectivity index (χ0n) is 12.4. The quantitative estimate of drug-likeness (QED) is 0.614. The summed E-state index contributed by atoms with van der Waals surface area (Å²) in [6.07, 6.45) is 2.35. The molecule has 0 saturated heterocycles. The summed E-state index contributed by atoms with van der Waals surface area (Å²) in [4.78, 5) is 11.9. The van der Waals surface area contributed by atoms with Crippen LogP contribution in [-0.2, 0) is 20.8 Å². The Kier molecular flexibility index (Phi) is 9.00. The van der Waals surface area contributed by atoms with E-state index in [0.29, 0.717) is 45.2 Å². The molecule has 0 atom stereocenters. The molecule has 0 aliphatic rings. The van der Waals surface area contributed by atoms with E-state index in [4.69, 9.17) is 25.8 Å². The molecule has 1 aromatic rings. The van der Waals surface area contributed by atoms with Crippen molar-refractivity contribution < 1.29 is 14.2 Å². The molecule has 0 spiro atoms. The second kappa shape index (κ2) is 10.6. The van der Waals surface area contributed by atoms with Crippen molar-refractivity contribution in [3.8, 4) is 0 Å². The highest BCUT2D eigenvalue weighted by Gasteiger charge is 2.08. The highest BCUT2D eigenvalue weighted by Crippen LogP contribution is 2.14. The highest BCUT2D eigenvalue weighted by atomic mass is 35.5. The van der Waals surface area contributed by atoms with Crippen LogP contribution in [0.3, 0.4) is 0 Å². The fourth-order valence-corrected chi connectivity index (χ4v) is 1.78. The molecular formula is C13H22ClN3O4. The van der Waals surface area contributed by atoms with E-state index < -0.39 is 0 Å². The van der Waals surface area contributed by atoms with Crippen LogP contribution in [-0.4, -0.2) is 57.0 Å². The first-order valence-corrected chi connectivity index (χ1v) is 7.13. The lowest BCUT2D eigenvalue weighted by molar-refractivity contribution is 0.0705. The maximum atomic E-state index is 11.9. The summed E-state index contributed by atoms with van der Waals surface area (Å²) in [6.45, 7) is 3.22. The van der Waals surface area contributed by atoms with Gasteiger partial charge in [0.05, 0.1) is 38.2 Å². The van der Waals surface area contributed by atoms with E-state index in [1.54, 1.807) is 20.4 Å². The van der Waals surface area contributed by atoms with Gasteiger partial charge in [0.15, 0.2) is 0 Å². The number of methoxy groups -OCH3 is 2. The molecule has 0 bridgehead atoms. The molecule has 1 rings (SSSR count). The number of aromatic nitrogens is 2. The van der Waals surface area contributed by atoms with Crippen molar-refractivity contribution in [1.29, 1.82) is 0 Å². The largest absolute Gasteiger partial charge is 0.383 e. The van der Waals surface area contributed by atoms with Gasteiger partial charge in [0.2, 0.25) is 0 Å². The fourth-order valence-electron chi connectivity index (χ4n) is 1.57. The molecule has 0 fully saturated rings. The summed E-state index contributed by atoms with van der Waals surface area (Å²) >= 11 is 6.03. The minimum Gasteiger partial charge on any atom is -0.383 e. The minimum absolute atomic E-state index is 0.140. The van der Waals surface area contributed by atoms with E-state index in [1.807, 2.05) is 0 Å². The van der Waals surface area contributed by atoms with E-state index in [0.717, 1.165) is 6.42 Å². The van der Waals surface area contributed by atoms with E-state index in [1.165, 1.54) is 4.68 Å². The average molecular weight is 320 g/mol. The zero-order chi connectivity index (χ0) is 15.5. The van der Waals surface area contributed by atoms with E-state index in [-0.39, 0.29) is 10.6 Å². The second-order valence-corrected chi connectivity index (χ2v) is 4.66. The van der Waals surface area contributed by atoms with Gasteiger partial charge in [-0.25, -0.2) is 4.68 Å². The van der Waals surface area contributed by atoms with Crippen LogP contribution in [0, 0.1) is 0 Å². The molecule has 0 aliphatic heterocycles. The van der Waals surface area contributed by atoms with Crippen LogP contribution in [0.1, 0.15) is 6.42 Å². The van der Waals surface area contributed by atoms with Crippen LogP contribution in [0.15, 0.2) is 11.0 Å². The third-order valence-corrected chi connectivity index (χ3v) is 3.07. The van der Waals surface area contributed by atoms with Gasteiger partial charge < -0.3 is 19.5 Å². The zero-order valence-corrected chi connectivity index (χ0v) is 13.2. The molecule has 7 nitrogen and oxygen atoms in total. The average Bonchev–Trinajstić information content (AvgIpc) is 2.49. The summed E-state index contributed by atoms with van der Waals surface area (Å²) in [5, 5.41) is 7.26. The molecule has 0 unspecified atom stereocenters. The third kappa shape index (κ3) is 6.43. The van der Waals surface area contributed by atoms with Crippen LogP contribution >= 0.6 is 11.6 Å². The number of halogens is 1. The maximum Gasteiger partial charge on any atom is 0.287 e. The fraction of sp³-hybridized carbons (Fsp3) is 0.692. The molecule has 120 valence electrons. The van der Waals surface area contributed by atoms with Crippen molar-refractivity contribution in [2.75, 3.05) is 52.5 Å². The molecule has 0 aliphatic carbocycles. The van der Waals surface area contributed by atoms with Gasteiger partial charge >= 0.3 is 0 Å². The minimum atomic E-state index is -0.324. The Labute approximate surface area is 129 Å². The van der Waals surface area contributed by atoms with Gasteiger partial charge in [-0.05, 0) is 6.42 Å². The van der Waals surface area contributed by atoms with Crippen molar-refractivity contribution in [2.45, 2.75) is 13.0 Å². The number of ether oxygens (including phenoxy) is 3. The molecule has 1 heterocycles. The number of anilines is 1. The SMILES string of the molecule is COCCOCCCNc1cnn(CCOC)c(=O)c1Cl. The molecule has 21 heavy (non-hydrogen) atoms. The number of hydrogen-bond acceptors (Lipinski definition) is 6. The van der Waals surface area contributed by atoms with Crippen LogP contribution in [0.2, 0.25) is 5.02 Å². The predicted octanol–water partition coefficient (Wildman–Crippen LogP) is 1.01. The summed E-state index contributed by atoms with van der Waals surface area (Å²) in [6, 6.07) is 0. The summed E-state index contributed by atoms with van der Waals surface area (Å²) in [5.41, 5.74) is 0.210. The van der Waals surface area contributed by atoms with Crippen molar-refractivity contribution in [3.05, 3.63) is 21.6 Å². The molecule has 1 N–H and O–H groups in total. The van der Waals surface area contributed by atoms with Crippen LogP contribution in [0.4, 0.5) is 5.69 Å². The molecule has 0 saturated carbocycles. The Hall–Kier alpha value is -1.15. The molecular weight excluding hydrogens is 298 g/mol. The van der Waals surface area contributed by atoms with Gasteiger partial charge in [-0.3, -0.25) is 4.79 Å². The summed E-state index contributed by atoms with van der Waals surface area (Å²) in [7, 11) is 3.20. The van der Waals surface area contributed by atoms with E-state index in [9.17, 15) is 4.79 Å². The Morgan fingerprint density at radius 1 is 1.24 bits per heavy atom. The smallest absolute Gasteiger partial charge is 0.287 e. The first kappa shape index (κ1) is 17.9. The highest BCUT2D eigenvalue weighted by molar-refractivity contribution is 6.32. The first-order chi connectivity index (χ1) is 10.2. The van der Waals surface area contributed by atoms with Crippen LogP contribution in [0.5, 0.6) is 0 Å². The number of rotatable bonds is 11. The van der Waals surface area contributed by atoms with Crippen molar-refractivity contribution >= 4 is 17.3 Å². The Morgan fingerprint density at radius 3 is 2.71 bits per heavy atom. The van der Waals surface area contributed by atoms with Crippen molar-refractivity contribution in [3.63, 3.8) is 0 Å². The van der Waals surface area contributed by atoms with Crippen molar-refractivity contribution in [2.24, 2.45) is 0 Å². The lowest BCUT2D eigenvalue weighted by Crippen LogP contribution is -2.26. The standard InChI is InChI=1S/C13H22ClN3O4/c1-19-7-5-17-13(18)12(14)11(10-16-17)15-4-3-6-21-9-8-20-2/h10,15H,3-9H2,1-2H3. The Balaban J connectivity index is 2.38. The Bertz CT molecular complexity index is 467. The maximum absolute atomic E-state index is 11.9. The second-order valence-electron chi connectivity index (χ2n) is 4.28. The van der Waals surface area contributed by atoms with Crippen LogP contribution < -0.4 is 10.9 Å².